The van der Waals surface area contributed by atoms with Gasteiger partial charge in [-0.15, -0.1) is 0 Å². The number of nitrogens with zero attached hydrogens (tertiary/aromatic N) is 5. The Balaban J connectivity index is 1.16. The van der Waals surface area contributed by atoms with Crippen LogP contribution in [0.4, 0.5) is 0 Å². The molecule has 0 atom stereocenters. The normalized spacial score (nSPS) is 11.5. The highest BCUT2D eigenvalue weighted by Crippen LogP contribution is 2.45. The summed E-state index contributed by atoms with van der Waals surface area (Å²) in [5.74, 6) is 1.69. The molecule has 0 unspecified atom stereocenters. The van der Waals surface area contributed by atoms with Crippen LogP contribution in [-0.4, -0.2) is 24.1 Å². The lowest BCUT2D eigenvalue weighted by atomic mass is 10.0. The summed E-state index contributed by atoms with van der Waals surface area (Å²) in [4.78, 5) is 16.6. The second-order valence-corrected chi connectivity index (χ2v) is 17.1. The van der Waals surface area contributed by atoms with Crippen LogP contribution in [0.1, 0.15) is 0 Å². The van der Waals surface area contributed by atoms with Crippen LogP contribution in [0.5, 0.6) is 0 Å². The maximum atomic E-state index is 5.66. The highest BCUT2D eigenvalue weighted by Gasteiger charge is 2.26. The fourth-order valence-electron chi connectivity index (χ4n) is 10.2. The van der Waals surface area contributed by atoms with Crippen molar-refractivity contribution in [2.75, 3.05) is 0 Å². The van der Waals surface area contributed by atoms with Crippen molar-refractivity contribution in [3.8, 4) is 78.9 Å². The number of fused-ring (bicyclic) bond motifs is 6. The number of hydrogen-bond acceptors (Lipinski definition) is 3. The molecule has 0 bridgehead atoms. The van der Waals surface area contributed by atoms with E-state index >= 15 is 0 Å². The van der Waals surface area contributed by atoms with Crippen molar-refractivity contribution in [3.05, 3.63) is 249 Å². The molecule has 3 aromatic heterocycles. The molecular formula is C63H41N5. The molecule has 13 rings (SSSR count). The van der Waals surface area contributed by atoms with E-state index in [2.05, 4.69) is 240 Å². The first kappa shape index (κ1) is 39.2. The summed E-state index contributed by atoms with van der Waals surface area (Å²) >= 11 is 0. The van der Waals surface area contributed by atoms with E-state index in [1.807, 2.05) is 18.2 Å². The van der Waals surface area contributed by atoms with Crippen LogP contribution in [0.2, 0.25) is 0 Å². The summed E-state index contributed by atoms with van der Waals surface area (Å²) in [5.41, 5.74) is 16.0. The van der Waals surface area contributed by atoms with Gasteiger partial charge < -0.3 is 4.57 Å². The Labute approximate surface area is 393 Å². The predicted octanol–water partition coefficient (Wildman–Crippen LogP) is 16.1. The lowest BCUT2D eigenvalue weighted by Gasteiger charge is -2.18. The molecule has 0 aliphatic rings. The van der Waals surface area contributed by atoms with Crippen LogP contribution >= 0.6 is 0 Å². The molecule has 0 saturated heterocycles. The van der Waals surface area contributed by atoms with Crippen molar-refractivity contribution in [3.63, 3.8) is 0 Å². The fourth-order valence-corrected chi connectivity index (χ4v) is 10.2. The SMILES string of the molecule is c1ccc(-c2nc(-c3ccccc3-n3c4c(-c5ccccc5)cccc4c4cccc(-c5ccccc5)c43)nc(-n3c4c(-c5ccccc5)cccc4c4cccc(-c5ccccc5)c43)n2)cc1. The Kier molecular flexibility index (Phi) is 9.43. The molecular weight excluding hydrogens is 827 g/mol. The van der Waals surface area contributed by atoms with E-state index in [9.17, 15) is 0 Å². The monoisotopic (exact) mass is 867 g/mol. The third-order valence-corrected chi connectivity index (χ3v) is 13.2. The van der Waals surface area contributed by atoms with Gasteiger partial charge in [-0.1, -0.05) is 237 Å². The molecule has 0 radical (unpaired) electrons. The maximum Gasteiger partial charge on any atom is 0.238 e. The van der Waals surface area contributed by atoms with E-state index in [1.165, 1.54) is 10.8 Å². The van der Waals surface area contributed by atoms with Gasteiger partial charge >= 0.3 is 0 Å². The number of aromatic nitrogens is 5. The largest absolute Gasteiger partial charge is 0.307 e. The summed E-state index contributed by atoms with van der Waals surface area (Å²) in [7, 11) is 0. The summed E-state index contributed by atoms with van der Waals surface area (Å²) < 4.78 is 4.74. The second-order valence-electron chi connectivity index (χ2n) is 17.1. The Hall–Kier alpha value is -9.19. The van der Waals surface area contributed by atoms with Crippen LogP contribution in [-0.2, 0) is 0 Å². The third kappa shape index (κ3) is 6.44. The quantitative estimate of drug-likeness (QED) is 0.153. The lowest BCUT2D eigenvalue weighted by molar-refractivity contribution is 0.952. The smallest absolute Gasteiger partial charge is 0.238 e. The van der Waals surface area contributed by atoms with Gasteiger partial charge in [-0.05, 0) is 34.4 Å². The highest BCUT2D eigenvalue weighted by atomic mass is 15.2. The molecule has 0 N–H and O–H groups in total. The van der Waals surface area contributed by atoms with Crippen molar-refractivity contribution in [1.29, 1.82) is 0 Å². The van der Waals surface area contributed by atoms with Gasteiger partial charge in [0.1, 0.15) is 0 Å². The molecule has 13 aromatic rings. The van der Waals surface area contributed by atoms with E-state index in [0.717, 1.165) is 94.2 Å². The Morgan fingerprint density at radius 2 is 0.529 bits per heavy atom. The topological polar surface area (TPSA) is 48.5 Å². The molecule has 3 heterocycles. The van der Waals surface area contributed by atoms with Gasteiger partial charge in [0.2, 0.25) is 5.95 Å². The summed E-state index contributed by atoms with van der Waals surface area (Å²) in [6, 6.07) is 88.1. The summed E-state index contributed by atoms with van der Waals surface area (Å²) in [5, 5.41) is 4.58. The minimum absolute atomic E-state index is 0.535. The van der Waals surface area contributed by atoms with Gasteiger partial charge in [-0.3, -0.25) is 4.57 Å². The molecule has 0 saturated carbocycles. The van der Waals surface area contributed by atoms with Gasteiger partial charge in [0.25, 0.3) is 0 Å². The number of benzene rings is 10. The first-order valence-corrected chi connectivity index (χ1v) is 23.0. The molecule has 10 aromatic carbocycles. The van der Waals surface area contributed by atoms with Gasteiger partial charge in [0.05, 0.1) is 27.8 Å². The lowest BCUT2D eigenvalue weighted by Crippen LogP contribution is -2.08. The Bertz CT molecular complexity index is 3800. The van der Waals surface area contributed by atoms with Crippen molar-refractivity contribution in [2.24, 2.45) is 0 Å². The molecule has 0 aliphatic carbocycles. The van der Waals surface area contributed by atoms with Crippen molar-refractivity contribution in [2.45, 2.75) is 0 Å². The van der Waals surface area contributed by atoms with E-state index in [-0.39, 0.29) is 0 Å². The van der Waals surface area contributed by atoms with Crippen LogP contribution in [0, 0.1) is 0 Å². The standard InChI is InChI=1S/C63H41N5/c1-6-22-42(23-7-1)47-33-18-37-51-52-38-19-34-48(43-24-8-2-9-25-43)58(52)67(57(47)51)56-41-17-16-32-55(56)62-64-61(46-30-14-5-15-31-46)65-63(66-62)68-59-49(44-26-10-3-11-27-44)35-20-39-53(59)54-40-21-36-50(60(54)68)45-28-12-4-13-29-45/h1-41H. The van der Waals surface area contributed by atoms with Crippen molar-refractivity contribution in [1.82, 2.24) is 24.1 Å². The van der Waals surface area contributed by atoms with E-state index in [1.54, 1.807) is 0 Å². The summed E-state index contributed by atoms with van der Waals surface area (Å²) in [6.45, 7) is 0. The third-order valence-electron chi connectivity index (χ3n) is 13.2. The molecule has 5 nitrogen and oxygen atoms in total. The predicted molar refractivity (Wildman–Crippen MR) is 281 cm³/mol. The average Bonchev–Trinajstić information content (AvgIpc) is 3.96. The van der Waals surface area contributed by atoms with E-state index in [4.69, 9.17) is 15.0 Å². The van der Waals surface area contributed by atoms with E-state index < -0.39 is 0 Å². The Morgan fingerprint density at radius 3 is 0.926 bits per heavy atom. The second kappa shape index (κ2) is 16.4. The molecule has 68 heavy (non-hydrogen) atoms. The molecule has 0 aliphatic heterocycles. The van der Waals surface area contributed by atoms with Gasteiger partial charge in [0.15, 0.2) is 11.6 Å². The molecule has 0 fully saturated rings. The first-order valence-electron chi connectivity index (χ1n) is 23.0. The van der Waals surface area contributed by atoms with Crippen molar-refractivity contribution < 1.29 is 0 Å². The molecule has 0 spiro atoms. The zero-order valence-corrected chi connectivity index (χ0v) is 36.9. The zero-order valence-electron chi connectivity index (χ0n) is 36.9. The average molecular weight is 868 g/mol. The Morgan fingerprint density at radius 1 is 0.221 bits per heavy atom. The molecule has 318 valence electrons. The van der Waals surface area contributed by atoms with E-state index in [0.29, 0.717) is 17.6 Å². The first-order chi connectivity index (χ1) is 33.8. The van der Waals surface area contributed by atoms with Gasteiger partial charge in [0, 0.05) is 54.9 Å². The van der Waals surface area contributed by atoms with Crippen LogP contribution in [0.15, 0.2) is 249 Å². The zero-order chi connectivity index (χ0) is 45.0. The number of rotatable bonds is 8. The van der Waals surface area contributed by atoms with Crippen LogP contribution < -0.4 is 0 Å². The summed E-state index contributed by atoms with van der Waals surface area (Å²) in [6.07, 6.45) is 0. The van der Waals surface area contributed by atoms with Gasteiger partial charge in [-0.2, -0.15) is 9.97 Å². The number of hydrogen-bond donors (Lipinski definition) is 0. The fraction of sp³-hybridized carbons (Fsp3) is 0. The van der Waals surface area contributed by atoms with Gasteiger partial charge in [-0.25, -0.2) is 4.98 Å². The highest BCUT2D eigenvalue weighted by molar-refractivity contribution is 6.18. The number of para-hydroxylation sites is 5. The minimum atomic E-state index is 0.535. The maximum absolute atomic E-state index is 5.66. The van der Waals surface area contributed by atoms with Crippen LogP contribution in [0.3, 0.4) is 0 Å². The van der Waals surface area contributed by atoms with Crippen molar-refractivity contribution >= 4 is 43.6 Å². The minimum Gasteiger partial charge on any atom is -0.307 e. The molecule has 5 heteroatoms. The molecule has 0 amide bonds. The van der Waals surface area contributed by atoms with Crippen LogP contribution in [0.25, 0.3) is 123 Å².